The van der Waals surface area contributed by atoms with E-state index >= 15 is 0 Å². The molecule has 0 aliphatic carbocycles. The molecule has 3 aromatic rings. The van der Waals surface area contributed by atoms with Gasteiger partial charge in [0.15, 0.2) is 0 Å². The molecule has 1 atom stereocenters. The molecule has 212 valence electrons. The predicted molar refractivity (Wildman–Crippen MR) is 150 cm³/mol. The van der Waals surface area contributed by atoms with Crippen molar-refractivity contribution in [1.82, 2.24) is 4.31 Å². The Bertz CT molecular complexity index is 1650. The molecular formula is C26H25Cl2N3O7S2. The number of ether oxygens (including phenoxy) is 1. The number of amides is 2. The van der Waals surface area contributed by atoms with E-state index in [4.69, 9.17) is 33.1 Å². The summed E-state index contributed by atoms with van der Waals surface area (Å²) in [5, 5.41) is 5.16. The lowest BCUT2D eigenvalue weighted by atomic mass is 10.1. The second-order valence-corrected chi connectivity index (χ2v) is 13.1. The lowest BCUT2D eigenvalue weighted by Crippen LogP contribution is -2.46. The first kappa shape index (κ1) is 30.0. The molecule has 0 aromatic heterocycles. The smallest absolute Gasteiger partial charge is 0.252 e. The summed E-state index contributed by atoms with van der Waals surface area (Å²) in [5.74, 6) is -0.746. The van der Waals surface area contributed by atoms with Crippen molar-refractivity contribution in [1.29, 1.82) is 0 Å². The van der Waals surface area contributed by atoms with E-state index in [1.165, 1.54) is 42.5 Å². The summed E-state index contributed by atoms with van der Waals surface area (Å²) >= 11 is 12.3. The van der Waals surface area contributed by atoms with Crippen LogP contribution in [-0.4, -0.2) is 52.1 Å². The van der Waals surface area contributed by atoms with E-state index in [1.54, 1.807) is 24.3 Å². The first-order valence-corrected chi connectivity index (χ1v) is 15.8. The molecule has 1 saturated heterocycles. The second-order valence-electron chi connectivity index (χ2n) is 8.84. The van der Waals surface area contributed by atoms with Crippen LogP contribution in [0.5, 0.6) is 5.75 Å². The van der Waals surface area contributed by atoms with Crippen molar-refractivity contribution in [2.24, 2.45) is 5.14 Å². The summed E-state index contributed by atoms with van der Waals surface area (Å²) < 4.78 is 57.3. The number of carbonyl (C=O) groups excluding carboxylic acids is 2. The minimum atomic E-state index is -4.43. The third-order valence-corrected chi connectivity index (χ3v) is 9.78. The Hall–Kier alpha value is -3.00. The molecule has 3 aromatic carbocycles. The van der Waals surface area contributed by atoms with Crippen molar-refractivity contribution < 1.29 is 31.2 Å². The fourth-order valence-electron chi connectivity index (χ4n) is 4.30. The van der Waals surface area contributed by atoms with Crippen LogP contribution < -0.4 is 14.8 Å². The average Bonchev–Trinajstić information content (AvgIpc) is 3.19. The third-order valence-electron chi connectivity index (χ3n) is 6.23. The molecule has 1 aliphatic rings. The van der Waals surface area contributed by atoms with E-state index in [0.717, 1.165) is 9.21 Å². The number of nitrogens with zero attached hydrogens (tertiary/aromatic N) is 2. The number of anilines is 1. The quantitative estimate of drug-likeness (QED) is 0.339. The Kier molecular flexibility index (Phi) is 8.88. The van der Waals surface area contributed by atoms with Gasteiger partial charge in [-0.3, -0.25) is 9.59 Å². The van der Waals surface area contributed by atoms with Crippen molar-refractivity contribution >= 4 is 60.8 Å². The zero-order chi connectivity index (χ0) is 29.2. The van der Waals surface area contributed by atoms with Crippen molar-refractivity contribution in [2.75, 3.05) is 18.1 Å². The molecule has 1 unspecified atom stereocenters. The molecule has 0 spiro atoms. The van der Waals surface area contributed by atoms with E-state index in [2.05, 4.69) is 0 Å². The van der Waals surface area contributed by atoms with Crippen LogP contribution in [0, 0.1) is 0 Å². The maximum atomic E-state index is 13.9. The highest BCUT2D eigenvalue weighted by molar-refractivity contribution is 7.89. The van der Waals surface area contributed by atoms with E-state index in [9.17, 15) is 26.4 Å². The predicted octanol–water partition coefficient (Wildman–Crippen LogP) is 3.61. The number of hydrogen-bond acceptors (Lipinski definition) is 7. The van der Waals surface area contributed by atoms with Gasteiger partial charge >= 0.3 is 0 Å². The fraction of sp³-hybridized carbons (Fsp3) is 0.231. The fourth-order valence-corrected chi connectivity index (χ4v) is 7.14. The van der Waals surface area contributed by atoms with E-state index in [1.807, 2.05) is 6.92 Å². The van der Waals surface area contributed by atoms with Gasteiger partial charge in [0.05, 0.1) is 28.6 Å². The molecule has 40 heavy (non-hydrogen) atoms. The van der Waals surface area contributed by atoms with Gasteiger partial charge in [-0.2, -0.15) is 4.31 Å². The van der Waals surface area contributed by atoms with E-state index < -0.39 is 44.3 Å². The summed E-state index contributed by atoms with van der Waals surface area (Å²) in [6.45, 7) is 2.04. The van der Waals surface area contributed by atoms with E-state index in [-0.39, 0.29) is 38.5 Å². The molecular weight excluding hydrogens is 601 g/mol. The van der Waals surface area contributed by atoms with Crippen molar-refractivity contribution in [3.05, 3.63) is 82.3 Å². The molecule has 2 amide bonds. The monoisotopic (exact) mass is 625 g/mol. The second kappa shape index (κ2) is 11.9. The summed E-state index contributed by atoms with van der Waals surface area (Å²) in [6, 6.07) is 14.5. The van der Waals surface area contributed by atoms with Crippen LogP contribution in [0.4, 0.5) is 5.69 Å². The minimum Gasteiger partial charge on any atom is -0.494 e. The Labute approximate surface area is 242 Å². The van der Waals surface area contributed by atoms with Gasteiger partial charge in [0.1, 0.15) is 16.7 Å². The van der Waals surface area contributed by atoms with Gasteiger partial charge in [0.25, 0.3) is 5.91 Å². The van der Waals surface area contributed by atoms with Gasteiger partial charge in [0.2, 0.25) is 26.0 Å². The van der Waals surface area contributed by atoms with E-state index in [0.29, 0.717) is 17.9 Å². The van der Waals surface area contributed by atoms with Crippen molar-refractivity contribution in [3.8, 4) is 5.75 Å². The van der Waals surface area contributed by atoms with Gasteiger partial charge in [-0.15, -0.1) is 0 Å². The number of nitrogens with two attached hydrogens (primary N) is 1. The number of imide groups is 1. The maximum Gasteiger partial charge on any atom is 0.252 e. The van der Waals surface area contributed by atoms with Gasteiger partial charge in [-0.25, -0.2) is 26.9 Å². The molecule has 2 N–H and O–H groups in total. The van der Waals surface area contributed by atoms with Gasteiger partial charge in [0, 0.05) is 11.6 Å². The highest BCUT2D eigenvalue weighted by Crippen LogP contribution is 2.33. The molecule has 4 rings (SSSR count). The highest BCUT2D eigenvalue weighted by Gasteiger charge is 2.47. The lowest BCUT2D eigenvalue weighted by Gasteiger charge is -2.27. The minimum absolute atomic E-state index is 0.0866. The van der Waals surface area contributed by atoms with Gasteiger partial charge in [-0.05, 0) is 73.5 Å². The standard InChI is InChI=1S/C26H25Cl2N3O7S2/c1-2-38-20-8-6-19(7-9-20)31-25(32)16-23(26(31)33)30(40(36,37)24-15-18(27)5-12-22(24)28)14-13-17-3-10-21(11-4-17)39(29,34)35/h3-12,15,23H,2,13-14,16H2,1H3,(H2,29,34,35). The van der Waals surface area contributed by atoms with Crippen LogP contribution in [-0.2, 0) is 36.1 Å². The summed E-state index contributed by atoms with van der Waals surface area (Å²) in [4.78, 5) is 27.2. The van der Waals surface area contributed by atoms with Crippen LogP contribution in [0.3, 0.4) is 0 Å². The molecule has 10 nitrogen and oxygen atoms in total. The number of rotatable bonds is 10. The summed E-state index contributed by atoms with van der Waals surface area (Å²) in [7, 11) is -8.35. The number of hydrogen-bond donors (Lipinski definition) is 1. The molecule has 1 aliphatic heterocycles. The zero-order valence-electron chi connectivity index (χ0n) is 21.2. The Morgan fingerprint density at radius 3 is 2.23 bits per heavy atom. The normalized spacial score (nSPS) is 16.1. The Morgan fingerprint density at radius 2 is 1.62 bits per heavy atom. The summed E-state index contributed by atoms with van der Waals surface area (Å²) in [6.07, 6.45) is -0.308. The number of benzene rings is 3. The molecule has 14 heteroatoms. The Balaban J connectivity index is 1.69. The third kappa shape index (κ3) is 6.32. The maximum absolute atomic E-state index is 13.9. The SMILES string of the molecule is CCOc1ccc(N2C(=O)CC(N(CCc3ccc(S(N)(=O)=O)cc3)S(=O)(=O)c3cc(Cl)ccc3Cl)C2=O)cc1. The molecule has 0 radical (unpaired) electrons. The average molecular weight is 627 g/mol. The van der Waals surface area contributed by atoms with Crippen LogP contribution >= 0.6 is 23.2 Å². The lowest BCUT2D eigenvalue weighted by molar-refractivity contribution is -0.122. The first-order chi connectivity index (χ1) is 18.8. The van der Waals surface area contributed by atoms with Crippen molar-refractivity contribution in [2.45, 2.75) is 35.6 Å². The van der Waals surface area contributed by atoms with Crippen LogP contribution in [0.2, 0.25) is 10.0 Å². The topological polar surface area (TPSA) is 144 Å². The molecule has 0 bridgehead atoms. The van der Waals surface area contributed by atoms with Gasteiger partial charge in [-0.1, -0.05) is 35.3 Å². The van der Waals surface area contributed by atoms with Crippen molar-refractivity contribution in [3.63, 3.8) is 0 Å². The largest absolute Gasteiger partial charge is 0.494 e. The first-order valence-electron chi connectivity index (χ1n) is 12.0. The number of primary sulfonamides is 1. The number of halogens is 2. The number of sulfonamides is 2. The van der Waals surface area contributed by atoms with Crippen LogP contribution in [0.1, 0.15) is 18.9 Å². The molecule has 1 heterocycles. The highest BCUT2D eigenvalue weighted by atomic mass is 35.5. The Morgan fingerprint density at radius 1 is 0.975 bits per heavy atom. The van der Waals surface area contributed by atoms with Gasteiger partial charge < -0.3 is 4.74 Å². The zero-order valence-corrected chi connectivity index (χ0v) is 24.3. The van der Waals surface area contributed by atoms with Crippen LogP contribution in [0.15, 0.2) is 76.5 Å². The number of carbonyl (C=O) groups is 2. The molecule has 0 saturated carbocycles. The van der Waals surface area contributed by atoms with Crippen LogP contribution in [0.25, 0.3) is 0 Å². The summed E-state index contributed by atoms with van der Waals surface area (Å²) in [5.41, 5.74) is 0.850. The molecule has 1 fully saturated rings.